The molecule has 0 fully saturated rings. The van der Waals surface area contributed by atoms with Crippen LogP contribution in [0.3, 0.4) is 0 Å². The largest absolute Gasteiger partial charge is 0.491 e. The van der Waals surface area contributed by atoms with Gasteiger partial charge >= 0.3 is 0 Å². The molecule has 0 bridgehead atoms. The number of aromatic nitrogens is 3. The van der Waals surface area contributed by atoms with Crippen LogP contribution in [0.5, 0.6) is 5.75 Å². The molecule has 0 aliphatic rings. The second-order valence-corrected chi connectivity index (χ2v) is 8.48. The average Bonchev–Trinajstić information content (AvgIpc) is 3.35. The summed E-state index contributed by atoms with van der Waals surface area (Å²) in [5, 5.41) is 11.5. The third-order valence-electron chi connectivity index (χ3n) is 5.02. The summed E-state index contributed by atoms with van der Waals surface area (Å²) in [5.41, 5.74) is 5.25. The molecule has 1 N–H and O–H groups in total. The van der Waals surface area contributed by atoms with E-state index in [4.69, 9.17) is 9.72 Å². The lowest BCUT2D eigenvalue weighted by Crippen LogP contribution is -2.12. The van der Waals surface area contributed by atoms with Gasteiger partial charge in [-0.15, -0.1) is 11.3 Å². The summed E-state index contributed by atoms with van der Waals surface area (Å²) >= 11 is 1.64. The Morgan fingerprint density at radius 3 is 2.63 bits per heavy atom. The predicted molar refractivity (Wildman–Crippen MR) is 122 cm³/mol. The van der Waals surface area contributed by atoms with Crippen molar-refractivity contribution in [2.24, 2.45) is 7.05 Å². The Morgan fingerprint density at radius 2 is 1.83 bits per heavy atom. The van der Waals surface area contributed by atoms with Gasteiger partial charge in [0.25, 0.3) is 0 Å². The van der Waals surface area contributed by atoms with Gasteiger partial charge in [-0.05, 0) is 42.8 Å². The molecule has 0 saturated heterocycles. The molecule has 0 unspecified atom stereocenters. The third-order valence-corrected chi connectivity index (χ3v) is 6.09. The Kier molecular flexibility index (Phi) is 4.73. The van der Waals surface area contributed by atoms with E-state index in [-0.39, 0.29) is 6.61 Å². The number of nitrogens with zero attached hydrogens (tertiary/aromatic N) is 3. The topological polar surface area (TPSA) is 60.2 Å². The first kappa shape index (κ1) is 18.8. The minimum Gasteiger partial charge on any atom is -0.491 e. The van der Waals surface area contributed by atoms with E-state index in [1.54, 1.807) is 18.3 Å². The molecule has 1 atom stereocenters. The van der Waals surface area contributed by atoms with Crippen molar-refractivity contribution >= 4 is 32.6 Å². The molecule has 3 aromatic heterocycles. The number of hydrogen-bond donors (Lipinski definition) is 1. The highest BCUT2D eigenvalue weighted by Crippen LogP contribution is 2.33. The van der Waals surface area contributed by atoms with Gasteiger partial charge in [0.05, 0.1) is 16.3 Å². The molecular formula is C24H21N3O2S. The number of thiazole rings is 1. The lowest BCUT2D eigenvalue weighted by molar-refractivity contribution is 0.123. The maximum absolute atomic E-state index is 9.40. The number of pyridine rings is 1. The van der Waals surface area contributed by atoms with Gasteiger partial charge < -0.3 is 14.4 Å². The zero-order chi connectivity index (χ0) is 20.7. The number of benzene rings is 2. The molecule has 0 aliphatic heterocycles. The van der Waals surface area contributed by atoms with Crippen LogP contribution < -0.4 is 4.74 Å². The summed E-state index contributed by atoms with van der Waals surface area (Å²) in [6.45, 7) is 1.99. The van der Waals surface area contributed by atoms with Crippen molar-refractivity contribution in [1.29, 1.82) is 0 Å². The second kappa shape index (κ2) is 7.55. The molecule has 0 amide bonds. The SMILES string of the molecule is C[C@@H](O)COc1ccc2nc(-c3ccc(-c4cnc5c(ccn5C)c4)cc3)sc2c1. The van der Waals surface area contributed by atoms with E-state index in [0.717, 1.165) is 48.7 Å². The van der Waals surface area contributed by atoms with Crippen LogP contribution in [-0.2, 0) is 7.05 Å². The quantitative estimate of drug-likeness (QED) is 0.424. The van der Waals surface area contributed by atoms with Crippen LogP contribution in [0.2, 0.25) is 0 Å². The van der Waals surface area contributed by atoms with Gasteiger partial charge in [0.2, 0.25) is 0 Å². The van der Waals surface area contributed by atoms with Crippen LogP contribution in [0.25, 0.3) is 42.9 Å². The van der Waals surface area contributed by atoms with E-state index < -0.39 is 6.10 Å². The summed E-state index contributed by atoms with van der Waals surface area (Å²) in [6.07, 6.45) is 3.46. The smallest absolute Gasteiger partial charge is 0.139 e. The van der Waals surface area contributed by atoms with Crippen LogP contribution in [0, 0.1) is 0 Å². The normalized spacial score (nSPS) is 12.5. The van der Waals surface area contributed by atoms with Crippen molar-refractivity contribution in [1.82, 2.24) is 14.5 Å². The monoisotopic (exact) mass is 415 g/mol. The number of aliphatic hydroxyl groups is 1. The zero-order valence-electron chi connectivity index (χ0n) is 16.7. The number of hydrogen-bond acceptors (Lipinski definition) is 5. The summed E-state index contributed by atoms with van der Waals surface area (Å²) in [5.74, 6) is 0.748. The van der Waals surface area contributed by atoms with E-state index >= 15 is 0 Å². The summed E-state index contributed by atoms with van der Waals surface area (Å²) in [4.78, 5) is 9.35. The lowest BCUT2D eigenvalue weighted by Gasteiger charge is -2.07. The summed E-state index contributed by atoms with van der Waals surface area (Å²) in [6, 6.07) is 18.5. The molecule has 5 rings (SSSR count). The molecule has 2 aromatic carbocycles. The minimum absolute atomic E-state index is 0.280. The fraction of sp³-hybridized carbons (Fsp3) is 0.167. The maximum Gasteiger partial charge on any atom is 0.139 e. The minimum atomic E-state index is -0.492. The average molecular weight is 416 g/mol. The second-order valence-electron chi connectivity index (χ2n) is 7.45. The Hall–Kier alpha value is -3.22. The molecule has 30 heavy (non-hydrogen) atoms. The Bertz CT molecular complexity index is 1340. The van der Waals surface area contributed by atoms with Crippen LogP contribution in [0.4, 0.5) is 0 Å². The van der Waals surface area contributed by atoms with Crippen molar-refractivity contribution in [2.75, 3.05) is 6.61 Å². The van der Waals surface area contributed by atoms with E-state index in [1.807, 2.05) is 42.2 Å². The Balaban J connectivity index is 1.42. The molecule has 5 nitrogen and oxygen atoms in total. The molecule has 0 aliphatic carbocycles. The first-order valence-electron chi connectivity index (χ1n) is 9.80. The molecule has 5 aromatic rings. The molecule has 0 spiro atoms. The van der Waals surface area contributed by atoms with Crippen LogP contribution in [0.15, 0.2) is 67.0 Å². The maximum atomic E-state index is 9.40. The summed E-state index contributed by atoms with van der Waals surface area (Å²) in [7, 11) is 2.00. The lowest BCUT2D eigenvalue weighted by atomic mass is 10.1. The predicted octanol–water partition coefficient (Wildman–Crippen LogP) is 5.28. The Morgan fingerprint density at radius 1 is 1.03 bits per heavy atom. The number of aliphatic hydroxyl groups excluding tert-OH is 1. The zero-order valence-corrected chi connectivity index (χ0v) is 17.6. The van der Waals surface area contributed by atoms with Crippen LogP contribution in [-0.4, -0.2) is 32.4 Å². The van der Waals surface area contributed by atoms with Crippen molar-refractivity contribution in [3.8, 4) is 27.4 Å². The highest BCUT2D eigenvalue weighted by molar-refractivity contribution is 7.21. The first-order chi connectivity index (χ1) is 14.6. The number of fused-ring (bicyclic) bond motifs is 2. The number of aryl methyl sites for hydroxylation is 1. The van der Waals surface area contributed by atoms with Crippen LogP contribution in [0.1, 0.15) is 6.92 Å². The van der Waals surface area contributed by atoms with E-state index in [9.17, 15) is 5.11 Å². The number of rotatable bonds is 5. The van der Waals surface area contributed by atoms with Crippen molar-refractivity contribution in [3.05, 3.63) is 67.0 Å². The van der Waals surface area contributed by atoms with Crippen LogP contribution >= 0.6 is 11.3 Å². The van der Waals surface area contributed by atoms with Gasteiger partial charge in [-0.2, -0.15) is 0 Å². The fourth-order valence-electron chi connectivity index (χ4n) is 3.45. The molecule has 0 saturated carbocycles. The van der Waals surface area contributed by atoms with Gasteiger partial charge in [0.1, 0.15) is 23.0 Å². The highest BCUT2D eigenvalue weighted by atomic mass is 32.1. The van der Waals surface area contributed by atoms with Gasteiger partial charge in [-0.25, -0.2) is 9.97 Å². The van der Waals surface area contributed by atoms with Crippen molar-refractivity contribution < 1.29 is 9.84 Å². The number of ether oxygens (including phenoxy) is 1. The Labute approximate surface area is 178 Å². The molecule has 3 heterocycles. The molecule has 6 heteroatoms. The molecule has 150 valence electrons. The van der Waals surface area contributed by atoms with Gasteiger partial charge in [0.15, 0.2) is 0 Å². The van der Waals surface area contributed by atoms with Gasteiger partial charge in [-0.3, -0.25) is 0 Å². The molecular weight excluding hydrogens is 394 g/mol. The highest BCUT2D eigenvalue weighted by Gasteiger charge is 2.09. The van der Waals surface area contributed by atoms with E-state index in [0.29, 0.717) is 0 Å². The van der Waals surface area contributed by atoms with E-state index in [1.165, 1.54) is 0 Å². The van der Waals surface area contributed by atoms with Gasteiger partial charge in [0, 0.05) is 36.0 Å². The fourth-order valence-corrected chi connectivity index (χ4v) is 4.45. The van der Waals surface area contributed by atoms with Gasteiger partial charge in [-0.1, -0.05) is 24.3 Å². The van der Waals surface area contributed by atoms with Crippen molar-refractivity contribution in [2.45, 2.75) is 13.0 Å². The summed E-state index contributed by atoms with van der Waals surface area (Å²) < 4.78 is 8.70. The third kappa shape index (κ3) is 3.56. The first-order valence-corrected chi connectivity index (χ1v) is 10.6. The molecule has 0 radical (unpaired) electrons. The van der Waals surface area contributed by atoms with E-state index in [2.05, 4.69) is 41.4 Å². The van der Waals surface area contributed by atoms with Crippen molar-refractivity contribution in [3.63, 3.8) is 0 Å². The standard InChI is InChI=1S/C24H21N3O2S/c1-15(28)14-29-20-7-8-21-22(12-20)30-24(26-21)17-5-3-16(4-6-17)19-11-18-9-10-27(2)23(18)25-13-19/h3-13,15,28H,14H2,1-2H3/t15-/m1/s1.